The third kappa shape index (κ3) is 4.24. The fourth-order valence-corrected chi connectivity index (χ4v) is 3.44. The minimum Gasteiger partial charge on any atom is -0.366 e. The van der Waals surface area contributed by atoms with Crippen LogP contribution in [0.4, 0.5) is 13.2 Å². The number of benzene rings is 1. The average Bonchev–Trinajstić information content (AvgIpc) is 2.98. The van der Waals surface area contributed by atoms with E-state index in [1.54, 1.807) is 22.8 Å². The molecule has 0 bridgehead atoms. The molecular weight excluding hydrogens is 345 g/mol. The number of carbonyl (C=O) groups is 1. The van der Waals surface area contributed by atoms with Gasteiger partial charge in [-0.15, -0.1) is 0 Å². The Morgan fingerprint density at radius 3 is 2.88 bits per heavy atom. The highest BCUT2D eigenvalue weighted by Gasteiger charge is 2.35. The fraction of sp³-hybridized carbons (Fsp3) is 0.444. The lowest BCUT2D eigenvalue weighted by atomic mass is 9.98. The first-order valence-corrected chi connectivity index (χ1v) is 8.43. The zero-order valence-corrected chi connectivity index (χ0v) is 14.5. The second kappa shape index (κ2) is 7.11. The van der Waals surface area contributed by atoms with Crippen molar-refractivity contribution in [1.82, 2.24) is 14.5 Å². The number of alkyl halides is 3. The van der Waals surface area contributed by atoms with Crippen molar-refractivity contribution in [1.29, 1.82) is 0 Å². The summed E-state index contributed by atoms with van der Waals surface area (Å²) in [5.74, 6) is 0.294. The molecule has 0 saturated carbocycles. The standard InChI is InChI=1S/C18H21F3N4O/c1-24(8-12-3-2-4-14(7-12)17(22)26)9-13-5-6-16-23-15(18(19,20)21)11-25(16)10-13/h2-4,7,11,13H,5-6,8-10H2,1H3,(H2,22,26)/t13-/m0/s1. The van der Waals surface area contributed by atoms with Crippen LogP contribution < -0.4 is 5.73 Å². The highest BCUT2D eigenvalue weighted by Crippen LogP contribution is 2.30. The van der Waals surface area contributed by atoms with Crippen LogP contribution >= 0.6 is 0 Å². The molecule has 5 nitrogen and oxygen atoms in total. The van der Waals surface area contributed by atoms with Gasteiger partial charge in [0.25, 0.3) is 0 Å². The Kier molecular flexibility index (Phi) is 5.04. The van der Waals surface area contributed by atoms with Gasteiger partial charge >= 0.3 is 6.18 Å². The van der Waals surface area contributed by atoms with Crippen molar-refractivity contribution in [2.45, 2.75) is 32.1 Å². The molecule has 8 heteroatoms. The van der Waals surface area contributed by atoms with Gasteiger partial charge in [-0.25, -0.2) is 4.98 Å². The molecule has 2 N–H and O–H groups in total. The van der Waals surface area contributed by atoms with Crippen molar-refractivity contribution in [2.75, 3.05) is 13.6 Å². The summed E-state index contributed by atoms with van der Waals surface area (Å²) in [6.45, 7) is 1.92. The number of aryl methyl sites for hydroxylation is 1. The lowest BCUT2D eigenvalue weighted by Gasteiger charge is -2.28. The molecule has 0 fully saturated rings. The average molecular weight is 366 g/mol. The Morgan fingerprint density at radius 2 is 2.19 bits per heavy atom. The zero-order valence-electron chi connectivity index (χ0n) is 14.5. The van der Waals surface area contributed by atoms with E-state index in [-0.39, 0.29) is 5.92 Å². The number of hydrogen-bond acceptors (Lipinski definition) is 3. The van der Waals surface area contributed by atoms with Crippen molar-refractivity contribution >= 4 is 5.91 Å². The summed E-state index contributed by atoms with van der Waals surface area (Å²) >= 11 is 0. The third-order valence-corrected chi connectivity index (χ3v) is 4.61. The summed E-state index contributed by atoms with van der Waals surface area (Å²) in [6, 6.07) is 7.16. The van der Waals surface area contributed by atoms with E-state index in [0.29, 0.717) is 30.9 Å². The van der Waals surface area contributed by atoms with Gasteiger partial charge in [-0.2, -0.15) is 13.2 Å². The minimum absolute atomic E-state index is 0.252. The van der Waals surface area contributed by atoms with Gasteiger partial charge < -0.3 is 15.2 Å². The van der Waals surface area contributed by atoms with Crippen LogP contribution in [-0.4, -0.2) is 34.0 Å². The van der Waals surface area contributed by atoms with E-state index in [4.69, 9.17) is 5.73 Å². The maximum Gasteiger partial charge on any atom is 0.434 e. The van der Waals surface area contributed by atoms with Crippen molar-refractivity contribution in [3.63, 3.8) is 0 Å². The van der Waals surface area contributed by atoms with Crippen LogP contribution in [0.2, 0.25) is 0 Å². The first kappa shape index (κ1) is 18.4. The molecule has 0 radical (unpaired) electrons. The van der Waals surface area contributed by atoms with E-state index in [1.165, 1.54) is 0 Å². The molecule has 1 aromatic carbocycles. The maximum atomic E-state index is 12.8. The number of primary amides is 1. The van der Waals surface area contributed by atoms with Crippen molar-refractivity contribution in [3.05, 3.63) is 53.1 Å². The van der Waals surface area contributed by atoms with Crippen LogP contribution in [-0.2, 0) is 25.7 Å². The summed E-state index contributed by atoms with van der Waals surface area (Å²) in [7, 11) is 1.96. The summed E-state index contributed by atoms with van der Waals surface area (Å²) < 4.78 is 40.0. The van der Waals surface area contributed by atoms with Crippen molar-refractivity contribution in [2.24, 2.45) is 11.7 Å². The van der Waals surface area contributed by atoms with E-state index >= 15 is 0 Å². The molecule has 2 heterocycles. The van der Waals surface area contributed by atoms with Crippen LogP contribution in [0.15, 0.2) is 30.5 Å². The molecular formula is C18H21F3N4O. The topological polar surface area (TPSA) is 64.2 Å². The highest BCUT2D eigenvalue weighted by molar-refractivity contribution is 5.92. The number of imidazole rings is 1. The van der Waals surface area contributed by atoms with E-state index in [1.807, 2.05) is 13.1 Å². The van der Waals surface area contributed by atoms with Gasteiger partial charge in [-0.3, -0.25) is 4.79 Å². The van der Waals surface area contributed by atoms with E-state index in [2.05, 4.69) is 9.88 Å². The quantitative estimate of drug-likeness (QED) is 0.885. The highest BCUT2D eigenvalue weighted by atomic mass is 19.4. The predicted octanol–water partition coefficient (Wildman–Crippen LogP) is 2.70. The molecule has 1 aliphatic heterocycles. The monoisotopic (exact) mass is 366 g/mol. The number of rotatable bonds is 5. The SMILES string of the molecule is CN(Cc1cccc(C(N)=O)c1)C[C@@H]1CCc2nc(C(F)(F)F)cn2C1. The van der Waals surface area contributed by atoms with Crippen molar-refractivity contribution in [3.8, 4) is 0 Å². The Morgan fingerprint density at radius 1 is 1.42 bits per heavy atom. The smallest absolute Gasteiger partial charge is 0.366 e. The number of nitrogens with zero attached hydrogens (tertiary/aromatic N) is 3. The number of halogens is 3. The van der Waals surface area contributed by atoms with Crippen LogP contribution in [0.1, 0.15) is 33.9 Å². The summed E-state index contributed by atoms with van der Waals surface area (Å²) in [4.78, 5) is 17.1. The van der Waals surface area contributed by atoms with Gasteiger partial charge in [0.2, 0.25) is 5.91 Å². The molecule has 0 spiro atoms. The fourth-order valence-electron chi connectivity index (χ4n) is 3.44. The molecule has 1 aromatic heterocycles. The third-order valence-electron chi connectivity index (χ3n) is 4.61. The summed E-state index contributed by atoms with van der Waals surface area (Å²) in [5.41, 5.74) is 5.93. The molecule has 0 aliphatic carbocycles. The first-order chi connectivity index (χ1) is 12.2. The number of amides is 1. The number of aromatic nitrogens is 2. The number of fused-ring (bicyclic) bond motifs is 1. The Balaban J connectivity index is 1.60. The first-order valence-electron chi connectivity index (χ1n) is 8.43. The van der Waals surface area contributed by atoms with Gasteiger partial charge in [-0.1, -0.05) is 12.1 Å². The zero-order chi connectivity index (χ0) is 18.9. The maximum absolute atomic E-state index is 12.8. The summed E-state index contributed by atoms with van der Waals surface area (Å²) in [5, 5.41) is 0. The second-order valence-corrected chi connectivity index (χ2v) is 6.86. The molecule has 1 amide bonds. The molecule has 0 unspecified atom stereocenters. The minimum atomic E-state index is -4.40. The van der Waals surface area contributed by atoms with E-state index < -0.39 is 17.8 Å². The lowest BCUT2D eigenvalue weighted by Crippen LogP contribution is -2.31. The molecule has 1 atom stereocenters. The van der Waals surface area contributed by atoms with Crippen LogP contribution in [0.3, 0.4) is 0 Å². The largest absolute Gasteiger partial charge is 0.434 e. The molecule has 0 saturated heterocycles. The van der Waals surface area contributed by atoms with Crippen LogP contribution in [0.25, 0.3) is 0 Å². The normalized spacial score (nSPS) is 17.3. The number of hydrogen-bond donors (Lipinski definition) is 1. The molecule has 26 heavy (non-hydrogen) atoms. The lowest BCUT2D eigenvalue weighted by molar-refractivity contribution is -0.141. The number of carbonyl (C=O) groups excluding carboxylic acids is 1. The van der Waals surface area contributed by atoms with E-state index in [0.717, 1.165) is 24.7 Å². The number of nitrogens with two attached hydrogens (primary N) is 1. The predicted molar refractivity (Wildman–Crippen MR) is 90.3 cm³/mol. The van der Waals surface area contributed by atoms with E-state index in [9.17, 15) is 18.0 Å². The molecule has 3 rings (SSSR count). The summed E-state index contributed by atoms with van der Waals surface area (Å²) in [6.07, 6.45) is -1.94. The second-order valence-electron chi connectivity index (χ2n) is 6.86. The van der Waals surface area contributed by atoms with Gasteiger partial charge in [0, 0.05) is 37.8 Å². The van der Waals surface area contributed by atoms with Crippen LogP contribution in [0.5, 0.6) is 0 Å². The Bertz CT molecular complexity index is 800. The van der Waals surface area contributed by atoms with Gasteiger partial charge in [0.05, 0.1) is 0 Å². The molecule has 2 aromatic rings. The molecule has 140 valence electrons. The Labute approximate surface area is 149 Å². The van der Waals surface area contributed by atoms with Crippen LogP contribution in [0, 0.1) is 5.92 Å². The Hall–Kier alpha value is -2.35. The molecule has 1 aliphatic rings. The van der Waals surface area contributed by atoms with Gasteiger partial charge in [-0.05, 0) is 37.1 Å². The van der Waals surface area contributed by atoms with Crippen molar-refractivity contribution < 1.29 is 18.0 Å². The van der Waals surface area contributed by atoms with Gasteiger partial charge in [0.15, 0.2) is 5.69 Å². The van der Waals surface area contributed by atoms with Gasteiger partial charge in [0.1, 0.15) is 5.82 Å².